The second kappa shape index (κ2) is 7.20. The number of methoxy groups -OCH3 is 1. The van der Waals surface area contributed by atoms with Crippen LogP contribution < -0.4 is 10.5 Å². The number of fused-ring (bicyclic) bond motifs is 1. The molecule has 0 saturated heterocycles. The van der Waals surface area contributed by atoms with E-state index in [1.54, 1.807) is 19.2 Å². The number of ketones is 1. The molecule has 2 aromatic heterocycles. The normalized spacial score (nSPS) is 10.8. The van der Waals surface area contributed by atoms with E-state index in [9.17, 15) is 9.59 Å². The van der Waals surface area contributed by atoms with E-state index in [2.05, 4.69) is 9.97 Å². The van der Waals surface area contributed by atoms with E-state index in [1.807, 2.05) is 25.1 Å². The van der Waals surface area contributed by atoms with Crippen LogP contribution in [0.5, 0.6) is 5.75 Å². The first-order valence-electron chi connectivity index (χ1n) is 7.36. The van der Waals surface area contributed by atoms with Crippen molar-refractivity contribution in [1.82, 2.24) is 9.97 Å². The van der Waals surface area contributed by atoms with E-state index in [4.69, 9.17) is 10.5 Å². The molecule has 0 atom stereocenters. The number of aryl methyl sites for hydroxylation is 1. The maximum absolute atomic E-state index is 12.4. The molecular formula is C17H15N3O3S2. The summed E-state index contributed by atoms with van der Waals surface area (Å²) in [6.45, 7) is 1.81. The van der Waals surface area contributed by atoms with E-state index in [1.165, 1.54) is 11.8 Å². The lowest BCUT2D eigenvalue weighted by Crippen LogP contribution is -2.08. The highest BCUT2D eigenvalue weighted by Gasteiger charge is 2.14. The second-order valence-electron chi connectivity index (χ2n) is 5.20. The van der Waals surface area contributed by atoms with Crippen LogP contribution in [0.1, 0.15) is 25.2 Å². The van der Waals surface area contributed by atoms with Crippen molar-refractivity contribution in [2.24, 2.45) is 5.73 Å². The summed E-state index contributed by atoms with van der Waals surface area (Å²) in [5.41, 5.74) is 6.03. The molecule has 3 rings (SSSR count). The summed E-state index contributed by atoms with van der Waals surface area (Å²) in [5.74, 6) is 0.954. The van der Waals surface area contributed by atoms with Crippen molar-refractivity contribution in [2.75, 3.05) is 12.9 Å². The molecule has 8 heteroatoms. The number of ether oxygens (including phenoxy) is 1. The van der Waals surface area contributed by atoms with Gasteiger partial charge in [-0.25, -0.2) is 9.97 Å². The van der Waals surface area contributed by atoms with Crippen LogP contribution in [0.15, 0.2) is 35.4 Å². The standard InChI is InChI=1S/C17H15N3O3S2/c1-9-19-12-4-3-10(23-2)7-11(12)17(20-9)24-8-13(21)14-5-6-15(25-14)16(18)22/h3-7H,8H2,1-2H3,(H2,18,22). The average Bonchev–Trinajstić information content (AvgIpc) is 3.09. The maximum atomic E-state index is 12.4. The van der Waals surface area contributed by atoms with E-state index in [-0.39, 0.29) is 11.5 Å². The molecule has 0 spiro atoms. The number of thiophene rings is 1. The Kier molecular flexibility index (Phi) is 5.00. The Morgan fingerprint density at radius 1 is 1.20 bits per heavy atom. The quantitative estimate of drug-likeness (QED) is 0.405. The molecule has 6 nitrogen and oxygen atoms in total. The largest absolute Gasteiger partial charge is 0.497 e. The summed E-state index contributed by atoms with van der Waals surface area (Å²) in [4.78, 5) is 33.3. The molecule has 0 saturated carbocycles. The zero-order chi connectivity index (χ0) is 18.0. The monoisotopic (exact) mass is 373 g/mol. The Morgan fingerprint density at radius 3 is 2.64 bits per heavy atom. The molecule has 0 aliphatic carbocycles. The molecule has 25 heavy (non-hydrogen) atoms. The Hall–Kier alpha value is -2.45. The van der Waals surface area contributed by atoms with Crippen LogP contribution in [-0.2, 0) is 0 Å². The number of rotatable bonds is 6. The number of hydrogen-bond acceptors (Lipinski definition) is 7. The minimum absolute atomic E-state index is 0.0742. The zero-order valence-corrected chi connectivity index (χ0v) is 15.2. The molecule has 0 radical (unpaired) electrons. The molecule has 2 N–H and O–H groups in total. The second-order valence-corrected chi connectivity index (χ2v) is 7.25. The van der Waals surface area contributed by atoms with E-state index < -0.39 is 5.91 Å². The van der Waals surface area contributed by atoms with Gasteiger partial charge in [0, 0.05) is 5.39 Å². The van der Waals surface area contributed by atoms with Gasteiger partial charge in [-0.15, -0.1) is 11.3 Å². The van der Waals surface area contributed by atoms with E-state index in [0.717, 1.165) is 27.3 Å². The first-order valence-corrected chi connectivity index (χ1v) is 9.16. The van der Waals surface area contributed by atoms with Crippen molar-refractivity contribution >= 4 is 45.7 Å². The molecular weight excluding hydrogens is 358 g/mol. The van der Waals surface area contributed by atoms with Crippen LogP contribution in [0.2, 0.25) is 0 Å². The van der Waals surface area contributed by atoms with Gasteiger partial charge in [-0.05, 0) is 37.3 Å². The van der Waals surface area contributed by atoms with Gasteiger partial charge < -0.3 is 10.5 Å². The van der Waals surface area contributed by atoms with Gasteiger partial charge in [-0.3, -0.25) is 9.59 Å². The summed E-state index contributed by atoms with van der Waals surface area (Å²) in [7, 11) is 1.60. The molecule has 1 aromatic carbocycles. The van der Waals surface area contributed by atoms with Crippen LogP contribution in [0.25, 0.3) is 10.9 Å². The lowest BCUT2D eigenvalue weighted by atomic mass is 10.2. The minimum atomic E-state index is -0.527. The number of Topliss-reactive ketones (excluding diaryl/α,β-unsaturated/α-hetero) is 1. The number of carbonyl (C=O) groups excluding carboxylic acids is 2. The number of thioether (sulfide) groups is 1. The first kappa shape index (κ1) is 17.4. The van der Waals surface area contributed by atoms with Crippen LogP contribution in [-0.4, -0.2) is 34.5 Å². The van der Waals surface area contributed by atoms with Gasteiger partial charge in [-0.1, -0.05) is 11.8 Å². The Balaban J connectivity index is 1.84. The van der Waals surface area contributed by atoms with Gasteiger partial charge in [0.15, 0.2) is 5.78 Å². The van der Waals surface area contributed by atoms with Crippen molar-refractivity contribution in [3.05, 3.63) is 45.9 Å². The smallest absolute Gasteiger partial charge is 0.258 e. The lowest BCUT2D eigenvalue weighted by Gasteiger charge is -2.07. The number of primary amides is 1. The minimum Gasteiger partial charge on any atom is -0.497 e. The number of nitrogens with zero attached hydrogens (tertiary/aromatic N) is 2. The number of carbonyl (C=O) groups is 2. The van der Waals surface area contributed by atoms with Gasteiger partial charge in [0.25, 0.3) is 5.91 Å². The lowest BCUT2D eigenvalue weighted by molar-refractivity contribution is 0.100. The predicted octanol–water partition coefficient (Wildman–Crippen LogP) is 3.08. The Morgan fingerprint density at radius 2 is 1.96 bits per heavy atom. The third kappa shape index (κ3) is 3.80. The third-order valence-corrected chi connectivity index (χ3v) is 5.58. The number of benzene rings is 1. The van der Waals surface area contributed by atoms with E-state index >= 15 is 0 Å². The Bertz CT molecular complexity index is 969. The molecule has 128 valence electrons. The van der Waals surface area contributed by atoms with Gasteiger partial charge in [0.2, 0.25) is 0 Å². The highest BCUT2D eigenvalue weighted by Crippen LogP contribution is 2.29. The molecule has 0 unspecified atom stereocenters. The molecule has 3 aromatic rings. The molecule has 0 fully saturated rings. The Labute approximate surface area is 152 Å². The van der Waals surface area contributed by atoms with Crippen LogP contribution in [0.4, 0.5) is 0 Å². The topological polar surface area (TPSA) is 95.2 Å². The summed E-state index contributed by atoms with van der Waals surface area (Å²) in [6, 6.07) is 8.76. The summed E-state index contributed by atoms with van der Waals surface area (Å²) in [5, 5.41) is 1.56. The van der Waals surface area contributed by atoms with Crippen LogP contribution in [0.3, 0.4) is 0 Å². The number of nitrogens with two attached hydrogens (primary N) is 1. The summed E-state index contributed by atoms with van der Waals surface area (Å²) < 4.78 is 5.25. The zero-order valence-electron chi connectivity index (χ0n) is 13.6. The molecule has 0 aliphatic rings. The maximum Gasteiger partial charge on any atom is 0.258 e. The number of hydrogen-bond donors (Lipinski definition) is 1. The highest BCUT2D eigenvalue weighted by molar-refractivity contribution is 8.00. The van der Waals surface area contributed by atoms with Crippen LogP contribution in [0, 0.1) is 6.92 Å². The SMILES string of the molecule is COc1ccc2nc(C)nc(SCC(=O)c3ccc(C(N)=O)s3)c2c1. The predicted molar refractivity (Wildman–Crippen MR) is 98.7 cm³/mol. The molecule has 2 heterocycles. The van der Waals surface area contributed by atoms with Gasteiger partial charge in [0.05, 0.1) is 28.1 Å². The van der Waals surface area contributed by atoms with Crippen molar-refractivity contribution in [3.8, 4) is 5.75 Å². The first-order chi connectivity index (χ1) is 12.0. The summed E-state index contributed by atoms with van der Waals surface area (Å²) >= 11 is 2.45. The summed E-state index contributed by atoms with van der Waals surface area (Å²) in [6.07, 6.45) is 0. The fourth-order valence-corrected chi connectivity index (χ4v) is 4.08. The fourth-order valence-electron chi connectivity index (χ4n) is 2.25. The van der Waals surface area contributed by atoms with Crippen LogP contribution >= 0.6 is 23.1 Å². The van der Waals surface area contributed by atoms with E-state index in [0.29, 0.717) is 21.3 Å². The van der Waals surface area contributed by atoms with Crippen molar-refractivity contribution in [3.63, 3.8) is 0 Å². The van der Waals surface area contributed by atoms with Crippen molar-refractivity contribution in [1.29, 1.82) is 0 Å². The van der Waals surface area contributed by atoms with Crippen molar-refractivity contribution in [2.45, 2.75) is 11.9 Å². The van der Waals surface area contributed by atoms with Gasteiger partial charge >= 0.3 is 0 Å². The fraction of sp³-hybridized carbons (Fsp3) is 0.176. The highest BCUT2D eigenvalue weighted by atomic mass is 32.2. The van der Waals surface area contributed by atoms with Gasteiger partial charge in [-0.2, -0.15) is 0 Å². The number of aromatic nitrogens is 2. The molecule has 0 aliphatic heterocycles. The number of amides is 1. The third-order valence-electron chi connectivity index (χ3n) is 3.44. The average molecular weight is 373 g/mol. The molecule has 0 bridgehead atoms. The van der Waals surface area contributed by atoms with Gasteiger partial charge in [0.1, 0.15) is 16.6 Å². The molecule has 1 amide bonds. The van der Waals surface area contributed by atoms with Crippen molar-refractivity contribution < 1.29 is 14.3 Å².